The van der Waals surface area contributed by atoms with E-state index in [9.17, 15) is 22.8 Å². The number of alkyl halides is 3. The summed E-state index contributed by atoms with van der Waals surface area (Å²) in [5.74, 6) is 0.598. The van der Waals surface area contributed by atoms with Crippen molar-refractivity contribution in [2.75, 3.05) is 19.7 Å². The number of hydrogen-bond donors (Lipinski definition) is 1. The molecule has 0 radical (unpaired) electrons. The van der Waals surface area contributed by atoms with E-state index in [2.05, 4.69) is 5.32 Å². The Balaban J connectivity index is 1.20. The molecular formula is C20H21F3N2O3. The smallest absolute Gasteiger partial charge is 0.416 e. The van der Waals surface area contributed by atoms with Crippen molar-refractivity contribution in [2.45, 2.75) is 37.4 Å². The number of piperidine rings is 1. The number of hydrogen-bond acceptors (Lipinski definition) is 3. The van der Waals surface area contributed by atoms with Gasteiger partial charge in [0.05, 0.1) is 11.1 Å². The van der Waals surface area contributed by atoms with Gasteiger partial charge in [-0.2, -0.15) is 13.2 Å². The molecule has 2 heterocycles. The number of nitrogens with one attached hydrogen (secondary N) is 1. The Labute approximate surface area is 160 Å². The number of alkyl carbamates (subject to hydrolysis) is 1. The van der Waals surface area contributed by atoms with Crippen molar-refractivity contribution in [3.8, 4) is 0 Å². The summed E-state index contributed by atoms with van der Waals surface area (Å²) < 4.78 is 44.4. The Morgan fingerprint density at radius 2 is 1.93 bits per heavy atom. The Kier molecular flexibility index (Phi) is 3.59. The van der Waals surface area contributed by atoms with Crippen molar-refractivity contribution in [3.63, 3.8) is 0 Å². The summed E-state index contributed by atoms with van der Waals surface area (Å²) in [7, 11) is 0. The summed E-state index contributed by atoms with van der Waals surface area (Å²) in [6, 6.07) is 4.61. The summed E-state index contributed by atoms with van der Waals surface area (Å²) in [4.78, 5) is 25.8. The number of rotatable bonds is 2. The summed E-state index contributed by atoms with van der Waals surface area (Å²) >= 11 is 0. The van der Waals surface area contributed by atoms with Gasteiger partial charge in [0.2, 0.25) is 5.91 Å². The normalized spacial score (nSPS) is 36.0. The lowest BCUT2D eigenvalue weighted by Crippen LogP contribution is -2.58. The van der Waals surface area contributed by atoms with E-state index in [0.717, 1.165) is 5.56 Å². The van der Waals surface area contributed by atoms with Gasteiger partial charge in [-0.05, 0) is 54.7 Å². The number of ether oxygens (including phenoxy) is 1. The van der Waals surface area contributed by atoms with Gasteiger partial charge in [-0.15, -0.1) is 0 Å². The van der Waals surface area contributed by atoms with Crippen LogP contribution in [0.25, 0.3) is 0 Å². The minimum atomic E-state index is -4.34. The zero-order chi connectivity index (χ0) is 19.8. The number of carbonyl (C=O) groups excluding carboxylic acids is 2. The SMILES string of the molecule is Cc1ccc([C@H]2[C@@H]3CN(C(=O)[C@H]4C[C@]5(COC(=O)N5)C4)C[C@@H]32)cc1C(F)(F)F. The second-order valence-electron chi connectivity index (χ2n) is 8.76. The minimum Gasteiger partial charge on any atom is -0.447 e. The first-order chi connectivity index (χ1) is 13.2. The molecule has 2 aliphatic heterocycles. The van der Waals surface area contributed by atoms with Crippen LogP contribution < -0.4 is 5.32 Å². The highest BCUT2D eigenvalue weighted by Crippen LogP contribution is 2.59. The Morgan fingerprint density at radius 3 is 2.50 bits per heavy atom. The fourth-order valence-electron chi connectivity index (χ4n) is 5.38. The molecule has 28 heavy (non-hydrogen) atoms. The quantitative estimate of drug-likeness (QED) is 0.839. The highest BCUT2D eigenvalue weighted by Gasteiger charge is 2.60. The standard InChI is InChI=1S/C20H21F3N2O3/c1-10-2-3-11(4-15(10)20(21,22)23)16-13-7-25(8-14(13)16)17(26)12-5-19(6-12)9-28-18(27)24-19/h2-4,12-14,16H,5-9H2,1H3,(H,24,27)/t12-,13-,14+,16+,19+. The van der Waals surface area contributed by atoms with E-state index >= 15 is 0 Å². The van der Waals surface area contributed by atoms with E-state index in [4.69, 9.17) is 4.74 Å². The molecule has 2 saturated heterocycles. The maximum absolute atomic E-state index is 13.2. The van der Waals surface area contributed by atoms with Crippen LogP contribution in [0.3, 0.4) is 0 Å². The van der Waals surface area contributed by atoms with E-state index in [-0.39, 0.29) is 40.7 Å². The van der Waals surface area contributed by atoms with Gasteiger partial charge >= 0.3 is 12.3 Å². The van der Waals surface area contributed by atoms with Crippen LogP contribution in [0, 0.1) is 24.7 Å². The Hall–Kier alpha value is -2.25. The topological polar surface area (TPSA) is 58.6 Å². The lowest BCUT2D eigenvalue weighted by molar-refractivity contribution is -0.140. The number of nitrogens with zero attached hydrogens (tertiary/aromatic N) is 1. The Bertz CT molecular complexity index is 851. The number of carbonyl (C=O) groups is 2. The van der Waals surface area contributed by atoms with Crippen LogP contribution in [0.1, 0.15) is 35.4 Å². The monoisotopic (exact) mass is 394 g/mol. The molecule has 2 amide bonds. The number of aryl methyl sites for hydroxylation is 1. The second-order valence-corrected chi connectivity index (χ2v) is 8.76. The predicted octanol–water partition coefficient (Wildman–Crippen LogP) is 3.07. The molecule has 4 aliphatic rings. The van der Waals surface area contributed by atoms with Crippen LogP contribution in [-0.2, 0) is 15.7 Å². The third-order valence-electron chi connectivity index (χ3n) is 6.93. The molecule has 150 valence electrons. The maximum Gasteiger partial charge on any atom is 0.416 e. The van der Waals surface area contributed by atoms with Crippen molar-refractivity contribution in [3.05, 3.63) is 34.9 Å². The first-order valence-electron chi connectivity index (χ1n) is 9.58. The van der Waals surface area contributed by atoms with Crippen molar-refractivity contribution in [2.24, 2.45) is 17.8 Å². The van der Waals surface area contributed by atoms with Gasteiger partial charge in [0.15, 0.2) is 0 Å². The molecule has 0 aromatic heterocycles. The summed E-state index contributed by atoms with van der Waals surface area (Å²) in [5.41, 5.74) is 0.0241. The van der Waals surface area contributed by atoms with Crippen LogP contribution in [0.4, 0.5) is 18.0 Å². The van der Waals surface area contributed by atoms with E-state index in [1.165, 1.54) is 13.0 Å². The number of amides is 2. The molecule has 1 aromatic carbocycles. The zero-order valence-corrected chi connectivity index (χ0v) is 15.4. The van der Waals surface area contributed by atoms with Crippen molar-refractivity contribution >= 4 is 12.0 Å². The number of cyclic esters (lactones) is 1. The fraction of sp³-hybridized carbons (Fsp3) is 0.600. The lowest BCUT2D eigenvalue weighted by Gasteiger charge is -2.43. The fourth-order valence-corrected chi connectivity index (χ4v) is 5.38. The van der Waals surface area contributed by atoms with Crippen LogP contribution >= 0.6 is 0 Å². The molecule has 1 aromatic rings. The van der Waals surface area contributed by atoms with Crippen molar-refractivity contribution in [1.29, 1.82) is 0 Å². The molecular weight excluding hydrogens is 373 g/mol. The molecule has 1 N–H and O–H groups in total. The average molecular weight is 394 g/mol. The molecule has 0 bridgehead atoms. The molecule has 3 atom stereocenters. The molecule has 2 saturated carbocycles. The third kappa shape index (κ3) is 2.68. The van der Waals surface area contributed by atoms with E-state index in [1.54, 1.807) is 12.1 Å². The van der Waals surface area contributed by atoms with Crippen LogP contribution in [0.2, 0.25) is 0 Å². The zero-order valence-electron chi connectivity index (χ0n) is 15.4. The largest absolute Gasteiger partial charge is 0.447 e. The van der Waals surface area contributed by atoms with Crippen LogP contribution in [-0.4, -0.2) is 42.1 Å². The summed E-state index contributed by atoms with van der Waals surface area (Å²) in [5, 5.41) is 2.79. The predicted molar refractivity (Wildman–Crippen MR) is 92.4 cm³/mol. The highest BCUT2D eigenvalue weighted by atomic mass is 19.4. The highest BCUT2D eigenvalue weighted by molar-refractivity contribution is 5.82. The third-order valence-corrected chi connectivity index (χ3v) is 6.93. The Morgan fingerprint density at radius 1 is 1.25 bits per heavy atom. The van der Waals surface area contributed by atoms with Gasteiger partial charge in [-0.1, -0.05) is 12.1 Å². The van der Waals surface area contributed by atoms with Gasteiger partial charge in [0.25, 0.3) is 0 Å². The number of benzene rings is 1. The molecule has 4 fully saturated rings. The molecule has 2 aliphatic carbocycles. The average Bonchev–Trinajstić information content (AvgIpc) is 2.93. The summed E-state index contributed by atoms with van der Waals surface area (Å²) in [6.07, 6.45) is -3.57. The molecule has 8 heteroatoms. The first-order valence-corrected chi connectivity index (χ1v) is 9.58. The molecule has 1 spiro atoms. The van der Waals surface area contributed by atoms with Crippen molar-refractivity contribution < 1.29 is 27.5 Å². The number of halogens is 3. The van der Waals surface area contributed by atoms with Crippen LogP contribution in [0.5, 0.6) is 0 Å². The van der Waals surface area contributed by atoms with E-state index in [1.807, 2.05) is 4.90 Å². The van der Waals surface area contributed by atoms with Gasteiger partial charge in [-0.3, -0.25) is 4.79 Å². The van der Waals surface area contributed by atoms with Crippen molar-refractivity contribution in [1.82, 2.24) is 10.2 Å². The summed E-state index contributed by atoms with van der Waals surface area (Å²) in [6.45, 7) is 3.01. The maximum atomic E-state index is 13.2. The van der Waals surface area contributed by atoms with Gasteiger partial charge in [0, 0.05) is 19.0 Å². The van der Waals surface area contributed by atoms with Crippen LogP contribution in [0.15, 0.2) is 18.2 Å². The van der Waals surface area contributed by atoms with Gasteiger partial charge in [-0.25, -0.2) is 4.79 Å². The molecule has 5 nitrogen and oxygen atoms in total. The van der Waals surface area contributed by atoms with Gasteiger partial charge in [0.1, 0.15) is 6.61 Å². The first kappa shape index (κ1) is 17.8. The van der Waals surface area contributed by atoms with E-state index < -0.39 is 17.8 Å². The van der Waals surface area contributed by atoms with E-state index in [0.29, 0.717) is 32.5 Å². The number of fused-ring (bicyclic) bond motifs is 1. The minimum absolute atomic E-state index is 0.0950. The van der Waals surface area contributed by atoms with Gasteiger partial charge < -0.3 is 15.0 Å². The number of likely N-dealkylation sites (tertiary alicyclic amines) is 1. The lowest BCUT2D eigenvalue weighted by atomic mass is 9.68. The second kappa shape index (κ2) is 5.64. The molecule has 5 rings (SSSR count). The molecule has 0 unspecified atom stereocenters.